The number of hydrogen-bond acceptors (Lipinski definition) is 4. The first-order chi connectivity index (χ1) is 14.2. The zero-order chi connectivity index (χ0) is 20.1. The summed E-state index contributed by atoms with van der Waals surface area (Å²) in [5, 5.41) is 3.08. The number of nitrogens with one attached hydrogen (secondary N) is 1. The van der Waals surface area contributed by atoms with Gasteiger partial charge in [0.25, 0.3) is 5.91 Å². The van der Waals surface area contributed by atoms with Gasteiger partial charge in [0.15, 0.2) is 0 Å². The average molecular weight is 409 g/mol. The van der Waals surface area contributed by atoms with Crippen molar-refractivity contribution in [1.29, 1.82) is 0 Å². The molecule has 1 unspecified atom stereocenters. The minimum atomic E-state index is 0.00942. The number of fused-ring (bicyclic) bond motifs is 1. The monoisotopic (exact) mass is 408 g/mol. The van der Waals surface area contributed by atoms with Gasteiger partial charge in [-0.2, -0.15) is 0 Å². The number of hydrogen-bond donors (Lipinski definition) is 1. The molecule has 1 N–H and O–H groups in total. The van der Waals surface area contributed by atoms with Crippen molar-refractivity contribution in [3.8, 4) is 0 Å². The van der Waals surface area contributed by atoms with Crippen LogP contribution in [0.15, 0.2) is 59.8 Å². The number of amides is 1. The fourth-order valence-electron chi connectivity index (χ4n) is 3.76. The number of rotatable bonds is 8. The summed E-state index contributed by atoms with van der Waals surface area (Å²) in [6.07, 6.45) is 6.69. The van der Waals surface area contributed by atoms with Gasteiger partial charge in [-0.15, -0.1) is 11.8 Å². The molecule has 5 nitrogen and oxygen atoms in total. The summed E-state index contributed by atoms with van der Waals surface area (Å²) in [6, 6.07) is 13.9. The van der Waals surface area contributed by atoms with E-state index >= 15 is 0 Å². The zero-order valence-corrected chi connectivity index (χ0v) is 17.7. The molecular weight excluding hydrogens is 380 g/mol. The van der Waals surface area contributed by atoms with E-state index in [0.29, 0.717) is 5.92 Å². The molecular formula is C23H28N4OS. The van der Waals surface area contributed by atoms with E-state index in [0.717, 1.165) is 40.6 Å². The predicted octanol–water partition coefficient (Wildman–Crippen LogP) is 4.09. The van der Waals surface area contributed by atoms with Crippen molar-refractivity contribution in [3.63, 3.8) is 0 Å². The van der Waals surface area contributed by atoms with Gasteiger partial charge in [-0.05, 0) is 68.2 Å². The molecule has 1 amide bonds. The Morgan fingerprint density at radius 3 is 2.72 bits per heavy atom. The molecule has 0 radical (unpaired) electrons. The number of carbonyl (C=O) groups is 1. The van der Waals surface area contributed by atoms with Gasteiger partial charge in [0.1, 0.15) is 5.65 Å². The van der Waals surface area contributed by atoms with Crippen LogP contribution in [-0.2, 0) is 5.75 Å². The molecule has 2 aromatic heterocycles. The van der Waals surface area contributed by atoms with Crippen molar-refractivity contribution in [3.05, 3.63) is 66.1 Å². The van der Waals surface area contributed by atoms with Gasteiger partial charge in [-0.3, -0.25) is 4.79 Å². The molecule has 0 aliphatic carbocycles. The first-order valence-electron chi connectivity index (χ1n) is 10.3. The van der Waals surface area contributed by atoms with Crippen LogP contribution >= 0.6 is 11.8 Å². The second-order valence-electron chi connectivity index (χ2n) is 7.83. The van der Waals surface area contributed by atoms with Crippen molar-refractivity contribution in [2.24, 2.45) is 5.92 Å². The van der Waals surface area contributed by atoms with Crippen molar-refractivity contribution in [2.45, 2.75) is 30.4 Å². The van der Waals surface area contributed by atoms with Gasteiger partial charge in [-0.25, -0.2) is 4.98 Å². The van der Waals surface area contributed by atoms with E-state index in [-0.39, 0.29) is 5.91 Å². The van der Waals surface area contributed by atoms with E-state index in [1.807, 2.05) is 53.1 Å². The Kier molecular flexibility index (Phi) is 6.52. The first kappa shape index (κ1) is 20.0. The van der Waals surface area contributed by atoms with Gasteiger partial charge in [0.05, 0.1) is 5.69 Å². The second kappa shape index (κ2) is 9.46. The van der Waals surface area contributed by atoms with E-state index in [4.69, 9.17) is 0 Å². The minimum Gasteiger partial charge on any atom is -0.352 e. The number of aromatic nitrogens is 2. The molecule has 1 atom stereocenters. The molecule has 6 heteroatoms. The van der Waals surface area contributed by atoms with Crippen molar-refractivity contribution in [2.75, 3.05) is 26.2 Å². The van der Waals surface area contributed by atoms with Crippen molar-refractivity contribution < 1.29 is 4.79 Å². The molecule has 3 aromatic rings. The second-order valence-corrected chi connectivity index (χ2v) is 8.88. The molecule has 1 aliphatic rings. The summed E-state index contributed by atoms with van der Waals surface area (Å²) in [7, 11) is 0. The van der Waals surface area contributed by atoms with Crippen molar-refractivity contribution in [1.82, 2.24) is 19.6 Å². The quantitative estimate of drug-likeness (QED) is 0.571. The molecule has 0 saturated carbocycles. The highest BCUT2D eigenvalue weighted by atomic mass is 32.2. The highest BCUT2D eigenvalue weighted by molar-refractivity contribution is 7.98. The molecule has 0 bridgehead atoms. The predicted molar refractivity (Wildman–Crippen MR) is 118 cm³/mol. The number of benzene rings is 1. The molecule has 1 aliphatic heterocycles. The maximum atomic E-state index is 12.4. The molecule has 1 fully saturated rings. The van der Waals surface area contributed by atoms with Gasteiger partial charge in [-0.1, -0.05) is 13.0 Å². The molecule has 29 heavy (non-hydrogen) atoms. The van der Waals surface area contributed by atoms with Gasteiger partial charge < -0.3 is 14.6 Å². The number of carbonyl (C=O) groups excluding carboxylic acids is 1. The molecule has 1 aromatic carbocycles. The summed E-state index contributed by atoms with van der Waals surface area (Å²) >= 11 is 1.73. The third kappa shape index (κ3) is 5.40. The maximum absolute atomic E-state index is 12.4. The summed E-state index contributed by atoms with van der Waals surface area (Å²) in [4.78, 5) is 20.7. The summed E-state index contributed by atoms with van der Waals surface area (Å²) in [6.45, 7) is 6.40. The highest BCUT2D eigenvalue weighted by Crippen LogP contribution is 2.23. The van der Waals surface area contributed by atoms with Crippen LogP contribution in [0.25, 0.3) is 5.65 Å². The highest BCUT2D eigenvalue weighted by Gasteiger charge is 2.15. The number of pyridine rings is 1. The fourth-order valence-corrected chi connectivity index (χ4v) is 4.54. The van der Waals surface area contributed by atoms with E-state index in [1.165, 1.54) is 25.9 Å². The molecule has 152 valence electrons. The Morgan fingerprint density at radius 1 is 1.17 bits per heavy atom. The molecule has 1 saturated heterocycles. The zero-order valence-electron chi connectivity index (χ0n) is 16.9. The van der Waals surface area contributed by atoms with Crippen LogP contribution in [-0.4, -0.2) is 46.4 Å². The van der Waals surface area contributed by atoms with Crippen LogP contribution in [0.3, 0.4) is 0 Å². The number of imidazole rings is 1. The summed E-state index contributed by atoms with van der Waals surface area (Å²) in [5.41, 5.74) is 2.74. The molecule has 3 heterocycles. The average Bonchev–Trinajstić information content (AvgIpc) is 3.40. The normalized spacial score (nSPS) is 15.6. The Morgan fingerprint density at radius 2 is 1.97 bits per heavy atom. The van der Waals surface area contributed by atoms with Crippen LogP contribution in [0.4, 0.5) is 0 Å². The summed E-state index contributed by atoms with van der Waals surface area (Å²) in [5.74, 6) is 1.29. The fraction of sp³-hybridized carbons (Fsp3) is 0.391. The number of likely N-dealkylation sites (tertiary alicyclic amines) is 1. The van der Waals surface area contributed by atoms with Crippen LogP contribution < -0.4 is 5.32 Å². The van der Waals surface area contributed by atoms with Gasteiger partial charge >= 0.3 is 0 Å². The topological polar surface area (TPSA) is 49.6 Å². The third-order valence-corrected chi connectivity index (χ3v) is 6.34. The Bertz CT molecular complexity index is 914. The SMILES string of the molecule is CC(CNC(=O)c1ccc(SCc2cn3ccccc3n2)cc1)CN1CCCC1. The Hall–Kier alpha value is -2.31. The smallest absolute Gasteiger partial charge is 0.251 e. The van der Waals surface area contributed by atoms with E-state index in [9.17, 15) is 4.79 Å². The lowest BCUT2D eigenvalue weighted by Gasteiger charge is -2.20. The minimum absolute atomic E-state index is 0.00942. The third-order valence-electron chi connectivity index (χ3n) is 5.30. The van der Waals surface area contributed by atoms with Crippen LogP contribution in [0.2, 0.25) is 0 Å². The van der Waals surface area contributed by atoms with Crippen LogP contribution in [0, 0.1) is 5.92 Å². The number of thioether (sulfide) groups is 1. The molecule has 4 rings (SSSR count). The van der Waals surface area contributed by atoms with E-state index in [1.54, 1.807) is 11.8 Å². The van der Waals surface area contributed by atoms with Gasteiger partial charge in [0, 0.05) is 41.7 Å². The van der Waals surface area contributed by atoms with E-state index < -0.39 is 0 Å². The maximum Gasteiger partial charge on any atom is 0.251 e. The van der Waals surface area contributed by atoms with Gasteiger partial charge in [0.2, 0.25) is 0 Å². The first-order valence-corrected chi connectivity index (χ1v) is 11.3. The largest absolute Gasteiger partial charge is 0.352 e. The van der Waals surface area contributed by atoms with Crippen LogP contribution in [0.1, 0.15) is 35.8 Å². The standard InChI is InChI=1S/C23H28N4OS/c1-18(15-26-11-4-5-12-26)14-24-23(28)19-7-9-21(10-8-19)29-17-20-16-27-13-3-2-6-22(27)25-20/h2-3,6-10,13,16,18H,4-5,11-12,14-15,17H2,1H3,(H,24,28). The summed E-state index contributed by atoms with van der Waals surface area (Å²) < 4.78 is 2.04. The lowest BCUT2D eigenvalue weighted by molar-refractivity contribution is 0.0945. The lowest BCUT2D eigenvalue weighted by atomic mass is 10.1. The lowest BCUT2D eigenvalue weighted by Crippen LogP contribution is -2.34. The van der Waals surface area contributed by atoms with E-state index in [2.05, 4.69) is 28.3 Å². The Labute approximate surface area is 176 Å². The van der Waals surface area contributed by atoms with Crippen LogP contribution in [0.5, 0.6) is 0 Å². The Balaban J connectivity index is 1.25. The van der Waals surface area contributed by atoms with Crippen molar-refractivity contribution >= 4 is 23.3 Å². The molecule has 0 spiro atoms. The number of nitrogens with zero attached hydrogens (tertiary/aromatic N) is 3.